The van der Waals surface area contributed by atoms with Gasteiger partial charge in [-0.15, -0.1) is 0 Å². The van der Waals surface area contributed by atoms with Crippen molar-refractivity contribution in [2.45, 2.75) is 25.3 Å². The van der Waals surface area contributed by atoms with Crippen LogP contribution in [0.1, 0.15) is 19.5 Å². The van der Waals surface area contributed by atoms with E-state index in [0.29, 0.717) is 18.2 Å². The molecule has 0 atom stereocenters. The molecule has 1 aromatic rings. The van der Waals surface area contributed by atoms with Gasteiger partial charge < -0.3 is 4.74 Å². The number of rotatable bonds is 5. The zero-order valence-electron chi connectivity index (χ0n) is 9.47. The molecule has 0 spiro atoms. The van der Waals surface area contributed by atoms with E-state index in [1.165, 1.54) is 10.9 Å². The van der Waals surface area contributed by atoms with Gasteiger partial charge in [-0.25, -0.2) is 8.42 Å². The molecule has 0 amide bonds. The molecule has 5 nitrogen and oxygen atoms in total. The highest BCUT2D eigenvalue weighted by Gasteiger charge is 2.19. The third-order valence-electron chi connectivity index (χ3n) is 1.98. The van der Waals surface area contributed by atoms with Crippen molar-refractivity contribution < 1.29 is 13.2 Å². The van der Waals surface area contributed by atoms with Crippen molar-refractivity contribution in [2.24, 2.45) is 13.0 Å². The Balaban J connectivity index is 2.83. The molecule has 0 aliphatic heterocycles. The minimum absolute atomic E-state index is 0.0143. The van der Waals surface area contributed by atoms with E-state index in [9.17, 15) is 8.42 Å². The summed E-state index contributed by atoms with van der Waals surface area (Å²) in [5.74, 6) is 0.393. The Bertz CT molecular complexity index is 453. The van der Waals surface area contributed by atoms with Crippen LogP contribution in [-0.2, 0) is 27.4 Å². The molecule has 0 aromatic carbocycles. The molecule has 1 heterocycles. The molecule has 7 heteroatoms. The Labute approximate surface area is 99.8 Å². The molecule has 0 fully saturated rings. The Kier molecular flexibility index (Phi) is 4.35. The predicted molar refractivity (Wildman–Crippen MR) is 60.7 cm³/mol. The summed E-state index contributed by atoms with van der Waals surface area (Å²) < 4.78 is 29.3. The minimum Gasteiger partial charge on any atom is -0.375 e. The molecule has 0 unspecified atom stereocenters. The summed E-state index contributed by atoms with van der Waals surface area (Å²) in [6, 6.07) is 0. The maximum absolute atomic E-state index is 11.2. The van der Waals surface area contributed by atoms with E-state index in [4.69, 9.17) is 15.4 Å². The lowest BCUT2D eigenvalue weighted by Gasteiger charge is -2.08. The van der Waals surface area contributed by atoms with Gasteiger partial charge in [0, 0.05) is 24.3 Å². The molecule has 0 bridgehead atoms. The van der Waals surface area contributed by atoms with Crippen LogP contribution in [0.5, 0.6) is 0 Å². The number of ether oxygens (including phenoxy) is 1. The highest BCUT2D eigenvalue weighted by molar-refractivity contribution is 8.13. The summed E-state index contributed by atoms with van der Waals surface area (Å²) in [7, 11) is 3.18. The molecule has 0 saturated heterocycles. The summed E-state index contributed by atoms with van der Waals surface area (Å²) in [6.07, 6.45) is 1.23. The molecule has 16 heavy (non-hydrogen) atoms. The number of halogens is 1. The van der Waals surface area contributed by atoms with Crippen LogP contribution >= 0.6 is 10.7 Å². The SMILES string of the molecule is CC(C)COCc1c(S(=O)(=O)Cl)cnn1C. The van der Waals surface area contributed by atoms with Gasteiger partial charge in [-0.2, -0.15) is 5.10 Å². The van der Waals surface area contributed by atoms with Crippen LogP contribution < -0.4 is 0 Å². The topological polar surface area (TPSA) is 61.2 Å². The van der Waals surface area contributed by atoms with E-state index in [0.717, 1.165) is 0 Å². The quantitative estimate of drug-likeness (QED) is 0.758. The van der Waals surface area contributed by atoms with Crippen LogP contribution in [0.2, 0.25) is 0 Å². The van der Waals surface area contributed by atoms with Gasteiger partial charge in [0.2, 0.25) is 0 Å². The van der Waals surface area contributed by atoms with Crippen molar-refractivity contribution in [3.8, 4) is 0 Å². The van der Waals surface area contributed by atoms with Crippen molar-refractivity contribution >= 4 is 19.7 Å². The number of aryl methyl sites for hydroxylation is 1. The Morgan fingerprint density at radius 1 is 1.56 bits per heavy atom. The fourth-order valence-corrected chi connectivity index (χ4v) is 2.23. The molecule has 0 aliphatic carbocycles. The van der Waals surface area contributed by atoms with Crippen molar-refractivity contribution in [3.05, 3.63) is 11.9 Å². The van der Waals surface area contributed by atoms with Gasteiger partial charge in [-0.3, -0.25) is 4.68 Å². The number of hydrogen-bond acceptors (Lipinski definition) is 4. The Morgan fingerprint density at radius 2 is 2.19 bits per heavy atom. The largest absolute Gasteiger partial charge is 0.375 e. The minimum atomic E-state index is -3.75. The zero-order valence-corrected chi connectivity index (χ0v) is 11.0. The van der Waals surface area contributed by atoms with Crippen molar-refractivity contribution in [2.75, 3.05) is 6.61 Å². The Hall–Kier alpha value is -0.590. The monoisotopic (exact) mass is 266 g/mol. The van der Waals surface area contributed by atoms with Crippen molar-refractivity contribution in [3.63, 3.8) is 0 Å². The molecule has 0 N–H and O–H groups in total. The van der Waals surface area contributed by atoms with E-state index >= 15 is 0 Å². The van der Waals surface area contributed by atoms with E-state index in [1.807, 2.05) is 13.8 Å². The second kappa shape index (κ2) is 5.16. The van der Waals surface area contributed by atoms with Gasteiger partial charge in [0.1, 0.15) is 4.90 Å². The van der Waals surface area contributed by atoms with Gasteiger partial charge in [0.25, 0.3) is 9.05 Å². The van der Waals surface area contributed by atoms with Gasteiger partial charge in [-0.1, -0.05) is 13.8 Å². The molecule has 0 aliphatic rings. The third-order valence-corrected chi connectivity index (χ3v) is 3.34. The Morgan fingerprint density at radius 3 is 2.69 bits per heavy atom. The summed E-state index contributed by atoms with van der Waals surface area (Å²) in [5.41, 5.74) is 0.468. The van der Waals surface area contributed by atoms with Crippen molar-refractivity contribution in [1.82, 2.24) is 9.78 Å². The second-order valence-electron chi connectivity index (χ2n) is 3.93. The summed E-state index contributed by atoms with van der Waals surface area (Å²) in [4.78, 5) is 0.0143. The molecule has 1 rings (SSSR count). The van der Waals surface area contributed by atoms with Crippen LogP contribution in [0, 0.1) is 5.92 Å². The van der Waals surface area contributed by atoms with E-state index in [1.54, 1.807) is 7.05 Å². The van der Waals surface area contributed by atoms with E-state index in [-0.39, 0.29) is 11.5 Å². The van der Waals surface area contributed by atoms with Crippen LogP contribution in [0.25, 0.3) is 0 Å². The number of aromatic nitrogens is 2. The normalized spacial score (nSPS) is 12.3. The first-order chi connectivity index (χ1) is 7.32. The fourth-order valence-electron chi connectivity index (χ4n) is 1.20. The smallest absolute Gasteiger partial charge is 0.264 e. The zero-order chi connectivity index (χ0) is 12.3. The van der Waals surface area contributed by atoms with Crippen LogP contribution in [0.3, 0.4) is 0 Å². The lowest BCUT2D eigenvalue weighted by molar-refractivity contribution is 0.0911. The molecular formula is C9H15ClN2O3S. The maximum Gasteiger partial charge on any atom is 0.264 e. The first-order valence-electron chi connectivity index (χ1n) is 4.85. The van der Waals surface area contributed by atoms with E-state index < -0.39 is 9.05 Å². The molecule has 1 aromatic heterocycles. The molecule has 92 valence electrons. The van der Waals surface area contributed by atoms with E-state index in [2.05, 4.69) is 5.10 Å². The van der Waals surface area contributed by atoms with Gasteiger partial charge in [0.05, 0.1) is 18.5 Å². The molecule has 0 saturated carbocycles. The lowest BCUT2D eigenvalue weighted by atomic mass is 10.2. The van der Waals surface area contributed by atoms with Gasteiger partial charge >= 0.3 is 0 Å². The average molecular weight is 267 g/mol. The average Bonchev–Trinajstić information content (AvgIpc) is 2.46. The summed E-state index contributed by atoms with van der Waals surface area (Å²) >= 11 is 0. The molecular weight excluding hydrogens is 252 g/mol. The predicted octanol–water partition coefficient (Wildman–Crippen LogP) is 1.52. The van der Waals surface area contributed by atoms with Crippen molar-refractivity contribution in [1.29, 1.82) is 0 Å². The summed E-state index contributed by atoms with van der Waals surface area (Å²) in [6.45, 7) is 4.79. The first-order valence-corrected chi connectivity index (χ1v) is 7.16. The third kappa shape index (κ3) is 3.47. The van der Waals surface area contributed by atoms with Gasteiger partial charge in [-0.05, 0) is 5.92 Å². The molecule has 0 radical (unpaired) electrons. The number of hydrogen-bond donors (Lipinski definition) is 0. The lowest BCUT2D eigenvalue weighted by Crippen LogP contribution is -2.08. The highest BCUT2D eigenvalue weighted by Crippen LogP contribution is 2.19. The van der Waals surface area contributed by atoms with Crippen LogP contribution in [0.4, 0.5) is 0 Å². The van der Waals surface area contributed by atoms with Crippen LogP contribution in [-0.4, -0.2) is 24.8 Å². The first kappa shape index (κ1) is 13.5. The standard InChI is InChI=1S/C9H15ClN2O3S/c1-7(2)5-15-6-8-9(16(10,13)14)4-11-12(8)3/h4,7H,5-6H2,1-3H3. The highest BCUT2D eigenvalue weighted by atomic mass is 35.7. The maximum atomic E-state index is 11.2. The number of nitrogens with zero attached hydrogens (tertiary/aromatic N) is 2. The fraction of sp³-hybridized carbons (Fsp3) is 0.667. The van der Waals surface area contributed by atoms with Gasteiger partial charge in [0.15, 0.2) is 0 Å². The van der Waals surface area contributed by atoms with Crippen LogP contribution in [0.15, 0.2) is 11.1 Å². The second-order valence-corrected chi connectivity index (χ2v) is 6.46. The summed E-state index contributed by atoms with van der Waals surface area (Å²) in [5, 5.41) is 3.85.